The van der Waals surface area contributed by atoms with Gasteiger partial charge in [-0.2, -0.15) is 0 Å². The number of aliphatic hydroxyl groups excluding tert-OH is 1. The van der Waals surface area contributed by atoms with Crippen molar-refractivity contribution in [2.24, 2.45) is 5.92 Å². The van der Waals surface area contributed by atoms with E-state index in [1.807, 2.05) is 6.92 Å². The molecule has 0 aromatic carbocycles. The van der Waals surface area contributed by atoms with Gasteiger partial charge in [0.15, 0.2) is 0 Å². The highest BCUT2D eigenvalue weighted by Gasteiger charge is 2.36. The molecule has 0 saturated carbocycles. The van der Waals surface area contributed by atoms with Gasteiger partial charge in [-0.25, -0.2) is 0 Å². The van der Waals surface area contributed by atoms with Crippen molar-refractivity contribution in [2.45, 2.75) is 32.3 Å². The van der Waals surface area contributed by atoms with Crippen molar-refractivity contribution in [1.82, 2.24) is 10.6 Å². The highest BCUT2D eigenvalue weighted by molar-refractivity contribution is 6.01. The molecule has 2 atom stereocenters. The van der Waals surface area contributed by atoms with Gasteiger partial charge in [-0.15, -0.1) is 0 Å². The Labute approximate surface area is 89.2 Å². The predicted molar refractivity (Wildman–Crippen MR) is 55.0 cm³/mol. The van der Waals surface area contributed by atoms with E-state index in [0.717, 1.165) is 12.8 Å². The van der Waals surface area contributed by atoms with Crippen LogP contribution in [0.2, 0.25) is 0 Å². The number of piperidine rings is 1. The highest BCUT2D eigenvalue weighted by atomic mass is 16.3. The maximum atomic E-state index is 11.6. The second-order valence-corrected chi connectivity index (χ2v) is 3.77. The lowest BCUT2D eigenvalue weighted by atomic mass is 9.94. The van der Waals surface area contributed by atoms with Gasteiger partial charge < -0.3 is 15.7 Å². The van der Waals surface area contributed by atoms with Gasteiger partial charge in [-0.05, 0) is 12.8 Å². The van der Waals surface area contributed by atoms with E-state index in [2.05, 4.69) is 10.6 Å². The van der Waals surface area contributed by atoms with Gasteiger partial charge in [0.1, 0.15) is 5.92 Å². The van der Waals surface area contributed by atoms with Gasteiger partial charge in [0.05, 0.1) is 6.10 Å². The summed E-state index contributed by atoms with van der Waals surface area (Å²) in [5, 5.41) is 14.8. The molecule has 2 amide bonds. The third kappa shape index (κ3) is 3.20. The van der Waals surface area contributed by atoms with Crippen LogP contribution in [0.3, 0.4) is 0 Å². The molecule has 1 heterocycles. The molecule has 0 radical (unpaired) electrons. The van der Waals surface area contributed by atoms with Crippen LogP contribution in [0, 0.1) is 5.92 Å². The third-order valence-corrected chi connectivity index (χ3v) is 2.52. The number of rotatable bonds is 4. The van der Waals surface area contributed by atoms with Gasteiger partial charge in [-0.1, -0.05) is 13.3 Å². The summed E-state index contributed by atoms with van der Waals surface area (Å²) >= 11 is 0. The quantitative estimate of drug-likeness (QED) is 0.432. The van der Waals surface area contributed by atoms with Crippen LogP contribution in [0.15, 0.2) is 0 Å². The molecular formula is C10H18N2O3. The summed E-state index contributed by atoms with van der Waals surface area (Å²) in [5.74, 6) is -1.67. The number of unbranched alkanes of at least 4 members (excludes halogenated alkanes) is 1. The molecule has 1 rings (SSSR count). The molecule has 1 fully saturated rings. The Balaban J connectivity index is 2.45. The first-order valence-electron chi connectivity index (χ1n) is 5.40. The summed E-state index contributed by atoms with van der Waals surface area (Å²) in [6.07, 6.45) is 1.47. The zero-order valence-corrected chi connectivity index (χ0v) is 8.95. The third-order valence-electron chi connectivity index (χ3n) is 2.52. The summed E-state index contributed by atoms with van der Waals surface area (Å²) < 4.78 is 0. The molecule has 2 unspecified atom stereocenters. The standard InChI is InChI=1S/C10H18N2O3/c1-2-3-5-11-9(14)8-7(13)4-6-12-10(8)15/h7-8,13H,2-6H2,1H3,(H,11,14)(H,12,15). The van der Waals surface area contributed by atoms with Crippen molar-refractivity contribution in [3.63, 3.8) is 0 Å². The van der Waals surface area contributed by atoms with Crippen LogP contribution < -0.4 is 10.6 Å². The number of amides is 2. The van der Waals surface area contributed by atoms with Crippen LogP contribution in [0.5, 0.6) is 0 Å². The van der Waals surface area contributed by atoms with E-state index in [-0.39, 0.29) is 11.8 Å². The van der Waals surface area contributed by atoms with Gasteiger partial charge >= 0.3 is 0 Å². The lowest BCUT2D eigenvalue weighted by Gasteiger charge is -2.26. The van der Waals surface area contributed by atoms with E-state index in [9.17, 15) is 14.7 Å². The van der Waals surface area contributed by atoms with E-state index in [1.165, 1.54) is 0 Å². The normalized spacial score (nSPS) is 25.9. The first kappa shape index (κ1) is 12.0. The Bertz CT molecular complexity index is 243. The SMILES string of the molecule is CCCCNC(=O)C1C(=O)NCCC1O. The molecule has 3 N–H and O–H groups in total. The molecule has 5 heteroatoms. The van der Waals surface area contributed by atoms with Crippen molar-refractivity contribution >= 4 is 11.8 Å². The lowest BCUT2D eigenvalue weighted by molar-refractivity contribution is -0.142. The molecule has 15 heavy (non-hydrogen) atoms. The first-order chi connectivity index (χ1) is 7.16. The number of aliphatic hydroxyl groups is 1. The Morgan fingerprint density at radius 2 is 2.40 bits per heavy atom. The second-order valence-electron chi connectivity index (χ2n) is 3.77. The molecule has 0 aromatic rings. The number of carbonyl (C=O) groups excluding carboxylic acids is 2. The van der Waals surface area contributed by atoms with E-state index in [4.69, 9.17) is 0 Å². The Hall–Kier alpha value is -1.10. The topological polar surface area (TPSA) is 78.4 Å². The molecule has 86 valence electrons. The van der Waals surface area contributed by atoms with Gasteiger partial charge in [0.2, 0.25) is 11.8 Å². The minimum absolute atomic E-state index is 0.367. The molecule has 1 aliphatic rings. The zero-order valence-electron chi connectivity index (χ0n) is 8.95. The maximum Gasteiger partial charge on any atom is 0.235 e. The Morgan fingerprint density at radius 1 is 1.67 bits per heavy atom. The number of carbonyl (C=O) groups is 2. The van der Waals surface area contributed by atoms with Crippen LogP contribution >= 0.6 is 0 Å². The summed E-state index contributed by atoms with van der Waals surface area (Å²) in [4.78, 5) is 22.9. The highest BCUT2D eigenvalue weighted by Crippen LogP contribution is 2.12. The summed E-state index contributed by atoms with van der Waals surface area (Å²) in [6.45, 7) is 3.03. The minimum atomic E-state index is -0.935. The second kappa shape index (κ2) is 5.70. The molecule has 1 saturated heterocycles. The van der Waals surface area contributed by atoms with Gasteiger partial charge in [-0.3, -0.25) is 9.59 Å². The van der Waals surface area contributed by atoms with Crippen molar-refractivity contribution < 1.29 is 14.7 Å². The average Bonchev–Trinajstić information content (AvgIpc) is 2.18. The van der Waals surface area contributed by atoms with Crippen molar-refractivity contribution in [1.29, 1.82) is 0 Å². The largest absolute Gasteiger partial charge is 0.392 e. The van der Waals surface area contributed by atoms with Crippen LogP contribution in [0.1, 0.15) is 26.2 Å². The first-order valence-corrected chi connectivity index (χ1v) is 5.40. The van der Waals surface area contributed by atoms with E-state index in [1.54, 1.807) is 0 Å². The van der Waals surface area contributed by atoms with Crippen molar-refractivity contribution in [2.75, 3.05) is 13.1 Å². The fourth-order valence-electron chi connectivity index (χ4n) is 1.59. The van der Waals surface area contributed by atoms with Crippen LogP contribution in [0.25, 0.3) is 0 Å². The van der Waals surface area contributed by atoms with Crippen LogP contribution in [-0.2, 0) is 9.59 Å². The molecule has 1 aliphatic heterocycles. The molecule has 5 nitrogen and oxygen atoms in total. The van der Waals surface area contributed by atoms with E-state index in [0.29, 0.717) is 19.5 Å². The summed E-state index contributed by atoms with van der Waals surface area (Å²) in [5.41, 5.74) is 0. The average molecular weight is 214 g/mol. The van der Waals surface area contributed by atoms with Crippen LogP contribution in [-0.4, -0.2) is 36.1 Å². The summed E-state index contributed by atoms with van der Waals surface area (Å²) in [7, 11) is 0. The zero-order chi connectivity index (χ0) is 11.3. The van der Waals surface area contributed by atoms with Crippen molar-refractivity contribution in [3.05, 3.63) is 0 Å². The fraction of sp³-hybridized carbons (Fsp3) is 0.800. The fourth-order valence-corrected chi connectivity index (χ4v) is 1.59. The minimum Gasteiger partial charge on any atom is -0.392 e. The Kier molecular flexibility index (Phi) is 4.55. The van der Waals surface area contributed by atoms with E-state index >= 15 is 0 Å². The molecule has 0 aromatic heterocycles. The molecule has 0 spiro atoms. The number of hydrogen-bond donors (Lipinski definition) is 3. The number of nitrogens with one attached hydrogen (secondary N) is 2. The summed E-state index contributed by atoms with van der Waals surface area (Å²) in [6, 6.07) is 0. The smallest absolute Gasteiger partial charge is 0.235 e. The van der Waals surface area contributed by atoms with Crippen LogP contribution in [0.4, 0.5) is 0 Å². The van der Waals surface area contributed by atoms with E-state index < -0.39 is 12.0 Å². The maximum absolute atomic E-state index is 11.6. The Morgan fingerprint density at radius 3 is 3.00 bits per heavy atom. The van der Waals surface area contributed by atoms with Gasteiger partial charge in [0, 0.05) is 13.1 Å². The van der Waals surface area contributed by atoms with Crippen molar-refractivity contribution in [3.8, 4) is 0 Å². The predicted octanol–water partition coefficient (Wildman–Crippen LogP) is -0.600. The lowest BCUT2D eigenvalue weighted by Crippen LogP contribution is -2.52. The molecule has 0 bridgehead atoms. The molecule has 0 aliphatic carbocycles. The number of hydrogen-bond acceptors (Lipinski definition) is 3. The molecular weight excluding hydrogens is 196 g/mol. The monoisotopic (exact) mass is 214 g/mol. The van der Waals surface area contributed by atoms with Gasteiger partial charge in [0.25, 0.3) is 0 Å².